The monoisotopic (exact) mass is 854 g/mol. The van der Waals surface area contributed by atoms with Gasteiger partial charge in [-0.25, -0.2) is 0 Å². The summed E-state index contributed by atoms with van der Waals surface area (Å²) >= 11 is 0. The van der Waals surface area contributed by atoms with Crippen LogP contribution in [0.5, 0.6) is 0 Å². The van der Waals surface area contributed by atoms with Crippen molar-refractivity contribution >= 4 is 42.3 Å². The number of carbonyl (C=O) groups excluding carboxylic acids is 6. The summed E-state index contributed by atoms with van der Waals surface area (Å²) in [5, 5.41) is 5.63. The van der Waals surface area contributed by atoms with Crippen molar-refractivity contribution in [1.29, 1.82) is 0 Å². The van der Waals surface area contributed by atoms with Gasteiger partial charge in [-0.1, -0.05) is 77.4 Å². The van der Waals surface area contributed by atoms with E-state index in [0.717, 1.165) is 43.2 Å². The van der Waals surface area contributed by atoms with Gasteiger partial charge in [0.15, 0.2) is 11.6 Å². The zero-order valence-corrected chi connectivity index (χ0v) is 37.4. The zero-order valence-electron chi connectivity index (χ0n) is 37.4. The molecule has 0 spiro atoms. The molecule has 2 aromatic rings. The average Bonchev–Trinajstić information content (AvgIpc) is 3.93. The molecular formula is C48H68BN5O8. The maximum absolute atomic E-state index is 14.1. The van der Waals surface area contributed by atoms with Crippen molar-refractivity contribution < 1.29 is 38.1 Å². The second-order valence-corrected chi connectivity index (χ2v) is 19.1. The Hall–Kier alpha value is -4.40. The Labute approximate surface area is 367 Å². The molecule has 13 nitrogen and oxygen atoms in total. The normalized spacial score (nSPS) is 24.3. The Bertz CT molecular complexity index is 1920. The van der Waals surface area contributed by atoms with Gasteiger partial charge in [-0.15, -0.1) is 0 Å². The molecule has 62 heavy (non-hydrogen) atoms. The number of benzene rings is 2. The molecule has 5 aliphatic rings. The van der Waals surface area contributed by atoms with Crippen molar-refractivity contribution in [3.05, 3.63) is 59.7 Å². The highest BCUT2D eigenvalue weighted by molar-refractivity contribution is 6.47. The Kier molecular flexibility index (Phi) is 15.8. The van der Waals surface area contributed by atoms with E-state index >= 15 is 0 Å². The van der Waals surface area contributed by atoms with Gasteiger partial charge < -0.3 is 36.3 Å². The fraction of sp³-hybridized carbons (Fsp3) is 0.625. The molecule has 0 radical (unpaired) electrons. The average molecular weight is 854 g/mol. The van der Waals surface area contributed by atoms with Crippen LogP contribution in [0.15, 0.2) is 48.5 Å². The number of carbonyl (C=O) groups is 6. The number of Topliss-reactive ketones (excluding diaryl/α,β-unsaturated/α-hetero) is 2. The third-order valence-corrected chi connectivity index (χ3v) is 14.2. The lowest BCUT2D eigenvalue weighted by atomic mass is 9.47. The van der Waals surface area contributed by atoms with Crippen LogP contribution in [0.3, 0.4) is 0 Å². The number of aryl methyl sites for hydroxylation is 1. The maximum Gasteiger partial charge on any atom is 0.460 e. The van der Waals surface area contributed by atoms with Crippen LogP contribution in [-0.2, 0) is 39.7 Å². The van der Waals surface area contributed by atoms with Gasteiger partial charge >= 0.3 is 7.12 Å². The molecule has 2 unspecified atom stereocenters. The van der Waals surface area contributed by atoms with Crippen LogP contribution in [0.25, 0.3) is 11.1 Å². The van der Waals surface area contributed by atoms with Gasteiger partial charge in [0.2, 0.25) is 17.7 Å². The van der Waals surface area contributed by atoms with Crippen molar-refractivity contribution in [2.24, 2.45) is 34.6 Å². The molecule has 2 aliphatic heterocycles. The lowest BCUT2D eigenvalue weighted by molar-refractivity contribution is -0.150. The molecule has 3 aliphatic carbocycles. The lowest BCUT2D eigenvalue weighted by Gasteiger charge is -2.60. The molecule has 2 bridgehead atoms. The third-order valence-electron chi connectivity index (χ3n) is 14.2. The molecule has 14 heteroatoms. The van der Waals surface area contributed by atoms with Gasteiger partial charge in [0.25, 0.3) is 5.91 Å². The first-order valence-electron chi connectivity index (χ1n) is 23.1. The van der Waals surface area contributed by atoms with Gasteiger partial charge in [-0.3, -0.25) is 28.8 Å². The number of hydrogen-bond donors (Lipinski definition) is 4. The number of nitrogens with two attached hydrogens (primary N) is 2. The molecule has 336 valence electrons. The number of unbranched alkanes of at least 4 members (excludes halogenated alkanes) is 2. The summed E-state index contributed by atoms with van der Waals surface area (Å²) in [5.74, 6) is -2.86. The topological polar surface area (TPSA) is 200 Å². The van der Waals surface area contributed by atoms with E-state index in [9.17, 15) is 28.8 Å². The smallest absolute Gasteiger partial charge is 0.405 e. The molecule has 5 fully saturated rings. The first-order chi connectivity index (χ1) is 29.6. The number of ketones is 2. The second-order valence-electron chi connectivity index (χ2n) is 19.1. The van der Waals surface area contributed by atoms with Crippen molar-refractivity contribution in [1.82, 2.24) is 15.5 Å². The summed E-state index contributed by atoms with van der Waals surface area (Å²) in [5.41, 5.74) is 15.2. The number of primary amides is 1. The molecule has 2 aromatic carbocycles. The molecular weight excluding hydrogens is 785 g/mol. The van der Waals surface area contributed by atoms with Gasteiger partial charge in [0.1, 0.15) is 6.04 Å². The van der Waals surface area contributed by atoms with E-state index in [1.165, 1.54) is 10.5 Å². The van der Waals surface area contributed by atoms with Gasteiger partial charge in [-0.2, -0.15) is 0 Å². The minimum atomic E-state index is -1.17. The largest absolute Gasteiger partial charge is 0.460 e. The fourth-order valence-electron chi connectivity index (χ4n) is 10.1. The lowest BCUT2D eigenvalue weighted by Crippen LogP contribution is -2.59. The van der Waals surface area contributed by atoms with E-state index in [0.29, 0.717) is 62.6 Å². The summed E-state index contributed by atoms with van der Waals surface area (Å²) in [6.07, 6.45) is 7.48. The first kappa shape index (κ1) is 47.1. The highest BCUT2D eigenvalue weighted by atomic mass is 16.7. The van der Waals surface area contributed by atoms with E-state index in [2.05, 4.69) is 55.7 Å². The predicted molar refractivity (Wildman–Crippen MR) is 238 cm³/mol. The Balaban J connectivity index is 1.03. The predicted octanol–water partition coefficient (Wildman–Crippen LogP) is 5.56. The summed E-state index contributed by atoms with van der Waals surface area (Å²) in [7, 11) is -0.563. The number of rotatable bonds is 22. The zero-order chi connectivity index (χ0) is 44.7. The Morgan fingerprint density at radius 3 is 2.21 bits per heavy atom. The molecule has 3 saturated carbocycles. The van der Waals surface area contributed by atoms with E-state index in [1.54, 1.807) is 19.1 Å². The van der Waals surface area contributed by atoms with Crippen molar-refractivity contribution in [3.8, 4) is 11.1 Å². The summed E-state index contributed by atoms with van der Waals surface area (Å²) < 4.78 is 12.7. The van der Waals surface area contributed by atoms with Crippen molar-refractivity contribution in [2.45, 2.75) is 154 Å². The summed E-state index contributed by atoms with van der Waals surface area (Å²) in [4.78, 5) is 82.3. The highest BCUT2D eigenvalue weighted by Gasteiger charge is 2.62. The standard InChI is InChI=1S/C48H68BN5O8/c1-6-7-11-31-14-16-32(17-15-31)33-18-20-34(21-19-33)46(59)52-37(12-8-9-22-50)47(60)54-23-10-13-39(54)41(56)24-29(2)45(58)53-38(28-43(51)57)40(55)25-30(3)49-61-42-27-35-26-36(44(42)62-49)48(35,4)5/h14-21,29-30,35-39,42,44H,6-13,22-28,50H2,1-5H3,(H2,51,57)(H,52,59)(H,53,58)/t29-,30-,35+,36-,37+,38+,39+,42?,44?/m1/s1. The molecule has 9 atom stereocenters. The molecule has 7 rings (SSSR count). The van der Waals surface area contributed by atoms with E-state index in [-0.39, 0.29) is 66.1 Å². The fourth-order valence-corrected chi connectivity index (χ4v) is 10.1. The molecule has 2 heterocycles. The van der Waals surface area contributed by atoms with Gasteiger partial charge in [0, 0.05) is 30.9 Å². The van der Waals surface area contributed by atoms with Crippen LogP contribution < -0.4 is 22.1 Å². The molecule has 2 saturated heterocycles. The van der Waals surface area contributed by atoms with E-state index in [1.807, 2.05) is 19.1 Å². The molecule has 0 aromatic heterocycles. The van der Waals surface area contributed by atoms with Crippen LogP contribution in [0.4, 0.5) is 0 Å². The van der Waals surface area contributed by atoms with Crippen LogP contribution in [0.2, 0.25) is 5.82 Å². The van der Waals surface area contributed by atoms with Crippen LogP contribution in [0, 0.1) is 23.2 Å². The quantitative estimate of drug-likeness (QED) is 0.0865. The first-order valence-corrected chi connectivity index (χ1v) is 23.1. The molecule has 6 N–H and O–H groups in total. The van der Waals surface area contributed by atoms with Gasteiger partial charge in [0.05, 0.1) is 30.7 Å². The number of nitrogens with one attached hydrogen (secondary N) is 2. The Morgan fingerprint density at radius 1 is 0.871 bits per heavy atom. The summed E-state index contributed by atoms with van der Waals surface area (Å²) in [6.45, 7) is 11.0. The summed E-state index contributed by atoms with van der Waals surface area (Å²) in [6, 6.07) is 12.9. The second kappa shape index (κ2) is 20.9. The van der Waals surface area contributed by atoms with Crippen molar-refractivity contribution in [3.63, 3.8) is 0 Å². The Morgan fingerprint density at radius 2 is 1.56 bits per heavy atom. The maximum atomic E-state index is 14.1. The number of hydrogen-bond acceptors (Lipinski definition) is 9. The van der Waals surface area contributed by atoms with Crippen LogP contribution in [0.1, 0.15) is 128 Å². The minimum Gasteiger partial charge on any atom is -0.405 e. The SMILES string of the molecule is CCCCc1ccc(-c2ccc(C(=O)N[C@@H](CCCCN)C(=O)N3CCC[C@H]3C(=O)C[C@@H](C)C(=O)N[C@@H](CC(N)=O)C(=O)C[C@@H](C)B3OC4C[C@@H]5C[C@H](C4O3)C5(C)C)cc2)cc1. The van der Waals surface area contributed by atoms with E-state index in [4.69, 9.17) is 20.8 Å². The van der Waals surface area contributed by atoms with Crippen molar-refractivity contribution in [2.75, 3.05) is 13.1 Å². The molecule has 4 amide bonds. The van der Waals surface area contributed by atoms with Crippen LogP contribution >= 0.6 is 0 Å². The number of amides is 4. The van der Waals surface area contributed by atoms with E-state index < -0.39 is 43.0 Å². The highest BCUT2D eigenvalue weighted by Crippen LogP contribution is 2.62. The third kappa shape index (κ3) is 11.0. The van der Waals surface area contributed by atoms with Crippen LogP contribution in [-0.4, -0.2) is 90.6 Å². The number of likely N-dealkylation sites (tertiary alicyclic amines) is 1. The number of nitrogens with zero attached hydrogens (tertiary/aromatic N) is 1. The van der Waals surface area contributed by atoms with Gasteiger partial charge in [-0.05, 0) is 116 Å². The minimum absolute atomic E-state index is 0.00327.